The van der Waals surface area contributed by atoms with E-state index in [-0.39, 0.29) is 0 Å². The van der Waals surface area contributed by atoms with E-state index in [1.807, 2.05) is 6.92 Å². The fourth-order valence-corrected chi connectivity index (χ4v) is 1.73. The highest BCUT2D eigenvalue weighted by Gasteiger charge is 2.14. The number of carbonyl (C=O) groups is 3. The summed E-state index contributed by atoms with van der Waals surface area (Å²) in [6.45, 7) is 1.84. The van der Waals surface area contributed by atoms with Gasteiger partial charge in [0.25, 0.3) is 5.91 Å². The van der Waals surface area contributed by atoms with Crippen LogP contribution < -0.4 is 10.6 Å². The molecular formula is C13H15BrN2O4. The Morgan fingerprint density at radius 1 is 1.25 bits per heavy atom. The van der Waals surface area contributed by atoms with Crippen LogP contribution in [0.2, 0.25) is 0 Å². The summed E-state index contributed by atoms with van der Waals surface area (Å²) in [6.07, 6.45) is 0.763. The summed E-state index contributed by atoms with van der Waals surface area (Å²) in [7, 11) is 0. The van der Waals surface area contributed by atoms with Crippen molar-refractivity contribution in [1.82, 2.24) is 10.6 Å². The molecule has 0 aliphatic rings. The van der Waals surface area contributed by atoms with Gasteiger partial charge >= 0.3 is 12.0 Å². The number of ether oxygens (including phenoxy) is 1. The van der Waals surface area contributed by atoms with Crippen LogP contribution >= 0.6 is 15.9 Å². The summed E-state index contributed by atoms with van der Waals surface area (Å²) >= 11 is 3.21. The normalized spacial score (nSPS) is 9.70. The van der Waals surface area contributed by atoms with Crippen molar-refractivity contribution in [2.24, 2.45) is 0 Å². The van der Waals surface area contributed by atoms with Crippen LogP contribution in [-0.4, -0.2) is 31.1 Å². The van der Waals surface area contributed by atoms with Crippen LogP contribution in [0.1, 0.15) is 23.7 Å². The van der Waals surface area contributed by atoms with Crippen molar-refractivity contribution in [3.05, 3.63) is 34.3 Å². The van der Waals surface area contributed by atoms with Gasteiger partial charge in [-0.2, -0.15) is 0 Å². The molecule has 0 radical (unpaired) electrons. The van der Waals surface area contributed by atoms with E-state index in [0.717, 1.165) is 6.42 Å². The molecule has 0 aliphatic carbocycles. The van der Waals surface area contributed by atoms with Crippen LogP contribution in [0.25, 0.3) is 0 Å². The van der Waals surface area contributed by atoms with E-state index in [4.69, 9.17) is 4.74 Å². The van der Waals surface area contributed by atoms with Gasteiger partial charge in [-0.1, -0.05) is 19.1 Å². The number of nitrogens with one attached hydrogen (secondary N) is 2. The Hall–Kier alpha value is -1.89. The second-order valence-electron chi connectivity index (χ2n) is 3.86. The number of urea groups is 1. The molecule has 0 saturated carbocycles. The van der Waals surface area contributed by atoms with Gasteiger partial charge in [-0.05, 0) is 34.5 Å². The lowest BCUT2D eigenvalue weighted by Gasteiger charge is -2.07. The predicted octanol–water partition coefficient (Wildman–Crippen LogP) is 1.84. The summed E-state index contributed by atoms with van der Waals surface area (Å²) in [6, 6.07) is 6.09. The molecule has 2 N–H and O–H groups in total. The summed E-state index contributed by atoms with van der Waals surface area (Å²) in [5.41, 5.74) is 0.315. The van der Waals surface area contributed by atoms with Gasteiger partial charge < -0.3 is 10.1 Å². The Morgan fingerprint density at radius 3 is 2.60 bits per heavy atom. The minimum absolute atomic E-state index is 0.315. The Kier molecular flexibility index (Phi) is 6.72. The van der Waals surface area contributed by atoms with Gasteiger partial charge in [0.2, 0.25) is 0 Å². The van der Waals surface area contributed by atoms with Crippen molar-refractivity contribution in [3.8, 4) is 0 Å². The third-order valence-corrected chi connectivity index (χ3v) is 2.91. The Labute approximate surface area is 125 Å². The molecule has 0 unspecified atom stereocenters. The molecule has 1 aromatic rings. The van der Waals surface area contributed by atoms with Crippen LogP contribution in [0.4, 0.5) is 4.79 Å². The molecule has 0 bridgehead atoms. The van der Waals surface area contributed by atoms with Crippen molar-refractivity contribution in [2.75, 3.05) is 13.2 Å². The summed E-state index contributed by atoms with van der Waals surface area (Å²) in [5, 5.41) is 4.53. The molecule has 6 nitrogen and oxygen atoms in total. The minimum Gasteiger partial charge on any atom is -0.452 e. The van der Waals surface area contributed by atoms with Crippen molar-refractivity contribution in [1.29, 1.82) is 0 Å². The van der Waals surface area contributed by atoms with Crippen LogP contribution in [0.5, 0.6) is 0 Å². The number of rotatable bonds is 5. The molecule has 3 amide bonds. The van der Waals surface area contributed by atoms with E-state index in [9.17, 15) is 14.4 Å². The number of imide groups is 1. The number of hydrogen-bond acceptors (Lipinski definition) is 4. The highest BCUT2D eigenvalue weighted by Crippen LogP contribution is 2.16. The third kappa shape index (κ3) is 5.40. The van der Waals surface area contributed by atoms with E-state index in [1.165, 1.54) is 0 Å². The van der Waals surface area contributed by atoms with E-state index in [2.05, 4.69) is 26.6 Å². The maximum atomic E-state index is 11.7. The van der Waals surface area contributed by atoms with Crippen molar-refractivity contribution < 1.29 is 19.1 Å². The Balaban J connectivity index is 2.40. The summed E-state index contributed by atoms with van der Waals surface area (Å²) in [4.78, 5) is 34.3. The number of esters is 1. The smallest absolute Gasteiger partial charge is 0.339 e. The molecule has 0 fully saturated rings. The molecule has 0 heterocycles. The number of halogens is 1. The average molecular weight is 343 g/mol. The molecule has 20 heavy (non-hydrogen) atoms. The number of carbonyl (C=O) groups excluding carboxylic acids is 3. The lowest BCUT2D eigenvalue weighted by Crippen LogP contribution is -2.41. The molecule has 108 valence electrons. The number of benzene rings is 1. The monoisotopic (exact) mass is 342 g/mol. The third-order valence-electron chi connectivity index (χ3n) is 2.22. The van der Waals surface area contributed by atoms with Gasteiger partial charge in [0, 0.05) is 11.0 Å². The minimum atomic E-state index is -0.681. The van der Waals surface area contributed by atoms with Gasteiger partial charge in [-0.25, -0.2) is 9.59 Å². The van der Waals surface area contributed by atoms with Crippen molar-refractivity contribution in [2.45, 2.75) is 13.3 Å². The molecule has 0 aliphatic heterocycles. The van der Waals surface area contributed by atoms with E-state index in [0.29, 0.717) is 16.6 Å². The molecule has 0 aromatic heterocycles. The maximum absolute atomic E-state index is 11.7. The van der Waals surface area contributed by atoms with E-state index < -0.39 is 24.5 Å². The molecule has 0 spiro atoms. The first kappa shape index (κ1) is 16.2. The number of amides is 3. The zero-order chi connectivity index (χ0) is 15.0. The second kappa shape index (κ2) is 8.31. The average Bonchev–Trinajstić information content (AvgIpc) is 2.43. The molecule has 0 atom stereocenters. The van der Waals surface area contributed by atoms with E-state index in [1.54, 1.807) is 24.3 Å². The summed E-state index contributed by atoms with van der Waals surface area (Å²) < 4.78 is 5.39. The highest BCUT2D eigenvalue weighted by atomic mass is 79.9. The van der Waals surface area contributed by atoms with Crippen molar-refractivity contribution >= 4 is 33.8 Å². The van der Waals surface area contributed by atoms with E-state index >= 15 is 0 Å². The van der Waals surface area contributed by atoms with Crippen LogP contribution in [-0.2, 0) is 9.53 Å². The first-order valence-corrected chi connectivity index (χ1v) is 6.83. The SMILES string of the molecule is CCCNC(=O)NC(=O)COC(=O)c1ccccc1Br. The quantitative estimate of drug-likeness (QED) is 0.799. The lowest BCUT2D eigenvalue weighted by molar-refractivity contribution is -0.123. The number of hydrogen-bond donors (Lipinski definition) is 2. The predicted molar refractivity (Wildman–Crippen MR) is 76.3 cm³/mol. The molecular weight excluding hydrogens is 328 g/mol. The van der Waals surface area contributed by atoms with Gasteiger partial charge in [-0.15, -0.1) is 0 Å². The van der Waals surface area contributed by atoms with Crippen LogP contribution in [0, 0.1) is 0 Å². The fraction of sp³-hybridized carbons (Fsp3) is 0.308. The fourth-order valence-electron chi connectivity index (χ4n) is 1.28. The standard InChI is InChI=1S/C13H15BrN2O4/c1-2-7-15-13(19)16-11(17)8-20-12(18)9-5-3-4-6-10(9)14/h3-6H,2,7-8H2,1H3,(H2,15,16,17,19). The first-order valence-electron chi connectivity index (χ1n) is 6.04. The molecule has 0 saturated heterocycles. The Morgan fingerprint density at radius 2 is 1.95 bits per heavy atom. The lowest BCUT2D eigenvalue weighted by atomic mass is 10.2. The van der Waals surface area contributed by atoms with Gasteiger partial charge in [0.05, 0.1) is 5.56 Å². The second-order valence-corrected chi connectivity index (χ2v) is 4.71. The van der Waals surface area contributed by atoms with Gasteiger partial charge in [0.15, 0.2) is 6.61 Å². The zero-order valence-electron chi connectivity index (χ0n) is 10.9. The zero-order valence-corrected chi connectivity index (χ0v) is 12.5. The van der Waals surface area contributed by atoms with Gasteiger partial charge in [0.1, 0.15) is 0 Å². The largest absolute Gasteiger partial charge is 0.452 e. The molecule has 1 rings (SSSR count). The first-order chi connectivity index (χ1) is 9.54. The van der Waals surface area contributed by atoms with Crippen LogP contribution in [0.15, 0.2) is 28.7 Å². The Bertz CT molecular complexity index is 505. The molecule has 1 aromatic carbocycles. The maximum Gasteiger partial charge on any atom is 0.339 e. The topological polar surface area (TPSA) is 84.5 Å². The molecule has 7 heteroatoms. The van der Waals surface area contributed by atoms with Crippen molar-refractivity contribution in [3.63, 3.8) is 0 Å². The highest BCUT2D eigenvalue weighted by molar-refractivity contribution is 9.10. The van der Waals surface area contributed by atoms with Gasteiger partial charge in [-0.3, -0.25) is 10.1 Å². The van der Waals surface area contributed by atoms with Crippen LogP contribution in [0.3, 0.4) is 0 Å². The summed E-state index contributed by atoms with van der Waals surface area (Å²) in [5.74, 6) is -1.32.